The van der Waals surface area contributed by atoms with Gasteiger partial charge in [-0.2, -0.15) is 0 Å². The summed E-state index contributed by atoms with van der Waals surface area (Å²) < 4.78 is 23.2. The number of aromatic carboxylic acids is 1. The molecule has 0 unspecified atom stereocenters. The Labute approximate surface area is 181 Å². The van der Waals surface area contributed by atoms with Crippen molar-refractivity contribution in [1.29, 1.82) is 0 Å². The normalized spacial score (nSPS) is 27.2. The van der Waals surface area contributed by atoms with Gasteiger partial charge in [0.2, 0.25) is 0 Å². The van der Waals surface area contributed by atoms with Crippen molar-refractivity contribution < 1.29 is 38.5 Å². The van der Waals surface area contributed by atoms with E-state index in [9.17, 15) is 24.5 Å². The molecule has 1 saturated carbocycles. The predicted octanol–water partition coefficient (Wildman–Crippen LogP) is 0.239. The van der Waals surface area contributed by atoms with Crippen LogP contribution in [0, 0.1) is 0 Å². The fraction of sp³-hybridized carbons (Fsp3) is 0.619. The maximum absolute atomic E-state index is 12.7. The Kier molecular flexibility index (Phi) is 5.78. The molecule has 0 bridgehead atoms. The molecule has 4 rings (SSSR count). The fourth-order valence-corrected chi connectivity index (χ4v) is 4.40. The predicted molar refractivity (Wildman–Crippen MR) is 108 cm³/mol. The van der Waals surface area contributed by atoms with Gasteiger partial charge < -0.3 is 9.22 Å². The molecule has 3 aliphatic rings. The maximum Gasteiger partial charge on any atom is 0.105 e. The molecule has 1 aromatic carbocycles. The number of carboxylic acids is 1. The second-order valence-electron chi connectivity index (χ2n) is 9.38. The van der Waals surface area contributed by atoms with Crippen molar-refractivity contribution in [2.24, 2.45) is 0 Å². The quantitative estimate of drug-likeness (QED) is 0.487. The van der Waals surface area contributed by atoms with Crippen LogP contribution in [0.1, 0.15) is 34.7 Å². The number of quaternary nitrogens is 1. The molecule has 0 aromatic heterocycles. The zero-order valence-corrected chi connectivity index (χ0v) is 17.8. The third-order valence-electron chi connectivity index (χ3n) is 6.42. The van der Waals surface area contributed by atoms with Gasteiger partial charge in [-0.25, -0.2) is 0 Å². The summed E-state index contributed by atoms with van der Waals surface area (Å²) in [6.07, 6.45) is 0.407. The third kappa shape index (κ3) is 4.59. The van der Waals surface area contributed by atoms with Crippen LogP contribution in [0.15, 0.2) is 12.1 Å². The summed E-state index contributed by atoms with van der Waals surface area (Å²) in [5, 5.41) is 22.2. The number of amides is 1. The Morgan fingerprint density at radius 3 is 2.71 bits per heavy atom. The van der Waals surface area contributed by atoms with Crippen LogP contribution in [-0.4, -0.2) is 92.6 Å². The number of likely N-dealkylation sites (tertiary alicyclic amines) is 1. The van der Waals surface area contributed by atoms with Crippen LogP contribution in [0.3, 0.4) is 0 Å². The van der Waals surface area contributed by atoms with E-state index in [0.717, 1.165) is 24.7 Å². The number of benzene rings is 1. The van der Waals surface area contributed by atoms with E-state index in [0.29, 0.717) is 38.1 Å². The van der Waals surface area contributed by atoms with E-state index in [1.165, 1.54) is 6.07 Å². The van der Waals surface area contributed by atoms with Gasteiger partial charge in [-0.3, -0.25) is 0 Å². The second-order valence-corrected chi connectivity index (χ2v) is 9.38. The van der Waals surface area contributed by atoms with Gasteiger partial charge in [0.1, 0.15) is 19.2 Å². The molecular formula is C21H27BN2O7. The minimum atomic E-state index is -1.35. The first kappa shape index (κ1) is 21.8. The average Bonchev–Trinajstić information content (AvgIpc) is 3.42. The van der Waals surface area contributed by atoms with Crippen LogP contribution >= 0.6 is 0 Å². The monoisotopic (exact) mass is 430 g/mol. The van der Waals surface area contributed by atoms with Crippen molar-refractivity contribution in [1.82, 2.24) is 4.90 Å². The summed E-state index contributed by atoms with van der Waals surface area (Å²) in [6.45, 7) is 3.03. The first-order valence-electron chi connectivity index (χ1n) is 10.6. The Hall–Kier alpha value is -2.46. The first-order valence-corrected chi connectivity index (χ1v) is 10.6. The molecule has 10 heteroatoms. The van der Waals surface area contributed by atoms with Crippen molar-refractivity contribution >= 4 is 19.0 Å². The van der Waals surface area contributed by atoms with E-state index in [4.69, 9.17) is 9.47 Å². The Bertz CT molecular complexity index is 900. The number of nitrogens with zero attached hydrogens (tertiary/aromatic N) is 2. The number of hydrogen-bond acceptors (Lipinski definition) is 6. The van der Waals surface area contributed by atoms with Crippen LogP contribution in [0.2, 0.25) is 5.82 Å². The number of carbonyl (C=O) groups is 2. The van der Waals surface area contributed by atoms with Crippen molar-refractivity contribution in [2.75, 3.05) is 46.9 Å². The molecular weight excluding hydrogens is 403 g/mol. The zero-order chi connectivity index (χ0) is 22.3. The topological polar surface area (TPSA) is 116 Å². The standard InChI is InChI=1S/C21H27BN2O7/c1-24(2)5-6-30-12(11-24)7-18(25)23-9-13(10-23)31-17-4-3-14(15-8-16(15)22-29)20(26)19(17)21(27)28/h3-4,12-13,15-16H,5-11H2,1-2H3,(H-,26,27,28)/t12-,15+,16+/m0/s1. The van der Waals surface area contributed by atoms with Crippen LogP contribution in [0.4, 0.5) is 0 Å². The first-order chi connectivity index (χ1) is 14.7. The molecule has 2 heterocycles. The number of carboxylic acid groups (broad SMARTS) is 1. The van der Waals surface area contributed by atoms with E-state index in [-0.39, 0.29) is 35.6 Å². The summed E-state index contributed by atoms with van der Waals surface area (Å²) in [6, 6.07) is 3.04. The van der Waals surface area contributed by atoms with Crippen LogP contribution in [0.5, 0.6) is 11.5 Å². The van der Waals surface area contributed by atoms with Crippen LogP contribution < -0.4 is 9.84 Å². The van der Waals surface area contributed by atoms with E-state index in [1.807, 2.05) is 0 Å². The molecule has 9 nitrogen and oxygen atoms in total. The Morgan fingerprint density at radius 1 is 1.35 bits per heavy atom. The minimum absolute atomic E-state index is 0.0105. The third-order valence-corrected chi connectivity index (χ3v) is 6.42. The van der Waals surface area contributed by atoms with E-state index in [2.05, 4.69) is 14.1 Å². The number of hydrogen-bond donors (Lipinski definition) is 1. The van der Waals surface area contributed by atoms with Gasteiger partial charge in [0.05, 0.1) is 20.7 Å². The molecule has 2 saturated heterocycles. The van der Waals surface area contributed by atoms with Gasteiger partial charge in [0.25, 0.3) is 0 Å². The van der Waals surface area contributed by atoms with Gasteiger partial charge in [-0.15, -0.1) is 0 Å². The number of carbonyl (C=O) groups excluding carboxylic acids is 1. The number of likely N-dealkylation sites (N-methyl/N-ethyl adjacent to an activating group) is 1. The molecule has 1 aromatic rings. The number of rotatable bonds is 7. The zero-order valence-electron chi connectivity index (χ0n) is 17.8. The van der Waals surface area contributed by atoms with Crippen molar-refractivity contribution in [3.05, 3.63) is 23.3 Å². The van der Waals surface area contributed by atoms with Crippen molar-refractivity contribution in [3.8, 4) is 11.5 Å². The van der Waals surface area contributed by atoms with E-state index < -0.39 is 17.3 Å². The molecule has 1 N–H and O–H groups in total. The largest absolute Gasteiger partial charge is 0.105 e. The summed E-state index contributed by atoms with van der Waals surface area (Å²) in [5.41, 5.74) is -0.0597. The summed E-state index contributed by atoms with van der Waals surface area (Å²) in [5.74, 6) is -2.38. The summed E-state index contributed by atoms with van der Waals surface area (Å²) >= 11 is 0. The summed E-state index contributed by atoms with van der Waals surface area (Å²) in [7, 11) is 5.03. The molecule has 166 valence electrons. The molecule has 0 spiro atoms. The molecule has 3 atom stereocenters. The fourth-order valence-electron chi connectivity index (χ4n) is 4.40. The second kappa shape index (κ2) is 8.24. The Balaban J connectivity index is 1.35. The molecule has 1 aliphatic carbocycles. The van der Waals surface area contributed by atoms with Gasteiger partial charge in [-0.1, -0.05) is 0 Å². The number of morpholine rings is 1. The van der Waals surface area contributed by atoms with Crippen molar-refractivity contribution in [3.63, 3.8) is 0 Å². The van der Waals surface area contributed by atoms with Gasteiger partial charge in [-0.05, 0) is 0 Å². The van der Waals surface area contributed by atoms with Crippen LogP contribution in [-0.2, 0) is 14.2 Å². The molecule has 3 fully saturated rings. The maximum atomic E-state index is 12.7. The Morgan fingerprint density at radius 2 is 2.10 bits per heavy atom. The van der Waals surface area contributed by atoms with Crippen LogP contribution in [0.25, 0.3) is 0 Å². The molecule has 0 radical (unpaired) electrons. The van der Waals surface area contributed by atoms with E-state index >= 15 is 0 Å². The average molecular weight is 430 g/mol. The minimum Gasteiger partial charge on any atom is 0.105 e. The van der Waals surface area contributed by atoms with Gasteiger partial charge >= 0.3 is 132 Å². The smallest absolute Gasteiger partial charge is 0.105 e. The molecule has 31 heavy (non-hydrogen) atoms. The SMILES string of the molecule is C[N+]1(C)CCO[C@@H](CC(=O)N2CC(Oc3ccc([C@H]4C[C@H]4B=O)c([O-])c3C(=O)O)C2)C1. The van der Waals surface area contributed by atoms with Gasteiger partial charge in [0, 0.05) is 0 Å². The van der Waals surface area contributed by atoms with Crippen molar-refractivity contribution in [2.45, 2.75) is 36.8 Å². The molecule has 2 aliphatic heterocycles. The van der Waals surface area contributed by atoms with E-state index in [1.54, 1.807) is 11.0 Å². The van der Waals surface area contributed by atoms with Gasteiger partial charge in [0.15, 0.2) is 0 Å². The number of ether oxygens (including phenoxy) is 2. The summed E-state index contributed by atoms with van der Waals surface area (Å²) in [4.78, 5) is 25.9. The molecule has 1 amide bonds.